The molecule has 0 spiro atoms. The summed E-state index contributed by atoms with van der Waals surface area (Å²) in [5.41, 5.74) is 2.61. The van der Waals surface area contributed by atoms with Gasteiger partial charge in [0, 0.05) is 16.5 Å². The van der Waals surface area contributed by atoms with E-state index in [1.165, 1.54) is 0 Å². The summed E-state index contributed by atoms with van der Waals surface area (Å²) in [7, 11) is 0. The predicted octanol–water partition coefficient (Wildman–Crippen LogP) is 2.58. The van der Waals surface area contributed by atoms with E-state index in [9.17, 15) is 19.5 Å². The van der Waals surface area contributed by atoms with Gasteiger partial charge in [-0.3, -0.25) is 4.79 Å². The molecule has 3 rings (SSSR count). The Bertz CT molecular complexity index is 975. The normalized spacial score (nSPS) is 14.1. The van der Waals surface area contributed by atoms with Crippen LogP contribution < -0.4 is 15.7 Å². The van der Waals surface area contributed by atoms with E-state index in [1.54, 1.807) is 13.0 Å². The summed E-state index contributed by atoms with van der Waals surface area (Å²) >= 11 is 0. The number of aliphatic carboxylic acids is 1. The van der Waals surface area contributed by atoms with Crippen molar-refractivity contribution in [2.75, 3.05) is 6.61 Å². The van der Waals surface area contributed by atoms with Gasteiger partial charge in [-0.2, -0.15) is 0 Å². The maximum atomic E-state index is 12.2. The Morgan fingerprint density at radius 2 is 1.96 bits per heavy atom. The van der Waals surface area contributed by atoms with Gasteiger partial charge in [-0.25, -0.2) is 9.59 Å². The van der Waals surface area contributed by atoms with Crippen molar-refractivity contribution < 1.29 is 23.8 Å². The number of carbonyl (C=O) groups excluding carboxylic acids is 1. The number of fused-ring (bicyclic) bond motifs is 3. The minimum Gasteiger partial charge on any atom is -0.483 e. The number of hydrogen-bond donors (Lipinski definition) is 2. The van der Waals surface area contributed by atoms with Crippen LogP contribution in [-0.2, 0) is 22.4 Å². The predicted molar refractivity (Wildman–Crippen MR) is 104 cm³/mol. The quantitative estimate of drug-likeness (QED) is 0.708. The van der Waals surface area contributed by atoms with Crippen LogP contribution in [0.4, 0.5) is 0 Å². The molecule has 7 heteroatoms. The minimum absolute atomic E-state index is 0.134. The van der Waals surface area contributed by atoms with Crippen LogP contribution in [0.3, 0.4) is 0 Å². The third-order valence-corrected chi connectivity index (χ3v) is 5.04. The van der Waals surface area contributed by atoms with E-state index in [0.717, 1.165) is 35.8 Å². The van der Waals surface area contributed by atoms with E-state index in [2.05, 4.69) is 5.32 Å². The Balaban J connectivity index is 1.75. The van der Waals surface area contributed by atoms with Crippen molar-refractivity contribution in [1.82, 2.24) is 5.32 Å². The first-order valence-electron chi connectivity index (χ1n) is 9.51. The molecule has 28 heavy (non-hydrogen) atoms. The van der Waals surface area contributed by atoms with Crippen molar-refractivity contribution in [3.63, 3.8) is 0 Å². The van der Waals surface area contributed by atoms with Gasteiger partial charge in [-0.05, 0) is 56.2 Å². The molecule has 1 aromatic heterocycles. The summed E-state index contributed by atoms with van der Waals surface area (Å²) < 4.78 is 11.1. The van der Waals surface area contributed by atoms with Gasteiger partial charge in [0.25, 0.3) is 5.91 Å². The number of benzene rings is 1. The smallest absolute Gasteiger partial charge is 0.339 e. The number of carboxylic acid groups (broad SMARTS) is 1. The summed E-state index contributed by atoms with van der Waals surface area (Å²) in [6.45, 7) is 5.24. The SMILES string of the molecule is Cc1c(OCC(=O)NC(CC(C)C)C(=O)O)ccc2c3c(c(=O)oc12)CCC3. The fraction of sp³-hybridized carbons (Fsp3) is 0.476. The number of carbonyl (C=O) groups is 2. The maximum Gasteiger partial charge on any atom is 0.339 e. The topological polar surface area (TPSA) is 106 Å². The second-order valence-electron chi connectivity index (χ2n) is 7.64. The van der Waals surface area contributed by atoms with Gasteiger partial charge in [0.15, 0.2) is 6.61 Å². The van der Waals surface area contributed by atoms with Gasteiger partial charge in [-0.1, -0.05) is 13.8 Å². The molecular weight excluding hydrogens is 362 g/mol. The second-order valence-corrected chi connectivity index (χ2v) is 7.64. The maximum absolute atomic E-state index is 12.2. The summed E-state index contributed by atoms with van der Waals surface area (Å²) in [5, 5.41) is 12.6. The zero-order valence-electron chi connectivity index (χ0n) is 16.3. The summed E-state index contributed by atoms with van der Waals surface area (Å²) in [6, 6.07) is 2.66. The average Bonchev–Trinajstić information content (AvgIpc) is 3.11. The molecule has 1 aliphatic carbocycles. The molecule has 0 radical (unpaired) electrons. The third-order valence-electron chi connectivity index (χ3n) is 5.04. The number of nitrogens with one attached hydrogen (secondary N) is 1. The number of carboxylic acids is 1. The zero-order chi connectivity index (χ0) is 20.4. The Morgan fingerprint density at radius 3 is 2.64 bits per heavy atom. The van der Waals surface area contributed by atoms with E-state index >= 15 is 0 Å². The highest BCUT2D eigenvalue weighted by Gasteiger charge is 2.23. The highest BCUT2D eigenvalue weighted by Crippen LogP contribution is 2.32. The first kappa shape index (κ1) is 19.9. The van der Waals surface area contributed by atoms with Crippen LogP contribution in [0.15, 0.2) is 21.3 Å². The Labute approximate surface area is 162 Å². The Morgan fingerprint density at radius 1 is 1.25 bits per heavy atom. The van der Waals surface area contributed by atoms with Crippen molar-refractivity contribution in [3.8, 4) is 5.75 Å². The standard InChI is InChI=1S/C21H25NO6/c1-11(2)9-16(20(24)25)22-18(23)10-27-17-8-7-14-13-5-4-6-15(13)21(26)28-19(14)12(17)3/h7-8,11,16H,4-6,9-10H2,1-3H3,(H,22,23)(H,24,25). The molecule has 0 bridgehead atoms. The number of ether oxygens (including phenoxy) is 1. The van der Waals surface area contributed by atoms with Crippen molar-refractivity contribution in [1.29, 1.82) is 0 Å². The lowest BCUT2D eigenvalue weighted by Gasteiger charge is -2.17. The number of rotatable bonds is 7. The van der Waals surface area contributed by atoms with E-state index in [4.69, 9.17) is 9.15 Å². The van der Waals surface area contributed by atoms with Gasteiger partial charge < -0.3 is 19.6 Å². The Hall–Kier alpha value is -2.83. The van der Waals surface area contributed by atoms with Crippen LogP contribution in [0.1, 0.15) is 43.4 Å². The second kappa shape index (κ2) is 8.04. The van der Waals surface area contributed by atoms with Gasteiger partial charge >= 0.3 is 11.6 Å². The molecule has 1 aliphatic rings. The van der Waals surface area contributed by atoms with Gasteiger partial charge in [0.05, 0.1) is 0 Å². The molecule has 1 heterocycles. The molecule has 0 saturated carbocycles. The molecule has 1 aromatic carbocycles. The molecule has 2 aromatic rings. The lowest BCUT2D eigenvalue weighted by Crippen LogP contribution is -2.43. The van der Waals surface area contributed by atoms with Gasteiger partial charge in [0.1, 0.15) is 17.4 Å². The Kier molecular flexibility index (Phi) is 5.72. The van der Waals surface area contributed by atoms with Crippen LogP contribution in [0.5, 0.6) is 5.75 Å². The first-order chi connectivity index (χ1) is 13.3. The molecule has 1 atom stereocenters. The van der Waals surface area contributed by atoms with Crippen molar-refractivity contribution in [2.24, 2.45) is 5.92 Å². The van der Waals surface area contributed by atoms with Crippen molar-refractivity contribution in [2.45, 2.75) is 52.5 Å². The lowest BCUT2D eigenvalue weighted by atomic mass is 10.0. The van der Waals surface area contributed by atoms with Crippen LogP contribution in [0.25, 0.3) is 11.0 Å². The van der Waals surface area contributed by atoms with Crippen molar-refractivity contribution >= 4 is 22.8 Å². The lowest BCUT2D eigenvalue weighted by molar-refractivity contribution is -0.142. The van der Waals surface area contributed by atoms with Crippen molar-refractivity contribution in [3.05, 3.63) is 39.2 Å². The molecule has 7 nitrogen and oxygen atoms in total. The van der Waals surface area contributed by atoms with E-state index in [1.807, 2.05) is 19.9 Å². The highest BCUT2D eigenvalue weighted by atomic mass is 16.5. The summed E-state index contributed by atoms with van der Waals surface area (Å²) in [5.74, 6) is -1.02. The number of amides is 1. The van der Waals surface area contributed by atoms with E-state index in [0.29, 0.717) is 23.3 Å². The van der Waals surface area contributed by atoms with E-state index in [-0.39, 0.29) is 18.2 Å². The monoisotopic (exact) mass is 387 g/mol. The zero-order valence-corrected chi connectivity index (χ0v) is 16.3. The molecule has 0 saturated heterocycles. The van der Waals surface area contributed by atoms with Crippen LogP contribution in [0, 0.1) is 12.8 Å². The van der Waals surface area contributed by atoms with Gasteiger partial charge in [-0.15, -0.1) is 0 Å². The third kappa shape index (κ3) is 4.03. The molecule has 1 amide bonds. The van der Waals surface area contributed by atoms with Crippen LogP contribution in [-0.4, -0.2) is 29.6 Å². The molecular formula is C21H25NO6. The van der Waals surface area contributed by atoms with Crippen LogP contribution >= 0.6 is 0 Å². The molecule has 0 fully saturated rings. The fourth-order valence-corrected chi connectivity index (χ4v) is 3.69. The van der Waals surface area contributed by atoms with Crippen LogP contribution in [0.2, 0.25) is 0 Å². The molecule has 0 aliphatic heterocycles. The first-order valence-corrected chi connectivity index (χ1v) is 9.51. The summed E-state index contributed by atoms with van der Waals surface area (Å²) in [4.78, 5) is 35.6. The number of hydrogen-bond acceptors (Lipinski definition) is 5. The molecule has 1 unspecified atom stereocenters. The summed E-state index contributed by atoms with van der Waals surface area (Å²) in [6.07, 6.45) is 2.88. The van der Waals surface area contributed by atoms with E-state index < -0.39 is 17.9 Å². The fourth-order valence-electron chi connectivity index (χ4n) is 3.69. The molecule has 150 valence electrons. The number of aryl methyl sites for hydroxylation is 2. The largest absolute Gasteiger partial charge is 0.483 e. The average molecular weight is 387 g/mol. The van der Waals surface area contributed by atoms with Gasteiger partial charge in [0.2, 0.25) is 0 Å². The highest BCUT2D eigenvalue weighted by molar-refractivity contribution is 5.87. The molecule has 2 N–H and O–H groups in total. The minimum atomic E-state index is -1.07.